The number of halogens is 2. The molecule has 1 aromatic heterocycles. The van der Waals surface area contributed by atoms with Gasteiger partial charge in [-0.15, -0.1) is 24.0 Å². The van der Waals surface area contributed by atoms with Crippen LogP contribution in [0.5, 0.6) is 0 Å². The SMILES string of the molecule is CCNC(=NCc1ccnc(N2CCCCC2)c1)NCCc1ccccc1F.I. The zero-order valence-electron chi connectivity index (χ0n) is 17.0. The normalized spacial score (nSPS) is 14.3. The van der Waals surface area contributed by atoms with E-state index in [9.17, 15) is 4.39 Å². The van der Waals surface area contributed by atoms with Gasteiger partial charge in [0, 0.05) is 32.4 Å². The molecule has 2 aromatic rings. The Hall–Kier alpha value is -1.90. The van der Waals surface area contributed by atoms with Crippen molar-refractivity contribution < 1.29 is 4.39 Å². The summed E-state index contributed by atoms with van der Waals surface area (Å²) in [6.07, 6.45) is 6.27. The standard InChI is InChI=1S/C22H30FN5.HI/c1-2-24-22(26-13-11-19-8-4-5-9-20(19)23)27-17-18-10-12-25-21(16-18)28-14-6-3-7-15-28;/h4-5,8-10,12,16H,2-3,6-7,11,13-15,17H2,1H3,(H2,24,26,27);1H. The maximum absolute atomic E-state index is 13.7. The molecule has 7 heteroatoms. The number of piperidine rings is 1. The second-order valence-corrected chi connectivity index (χ2v) is 7.03. The molecule has 0 radical (unpaired) electrons. The monoisotopic (exact) mass is 511 g/mol. The summed E-state index contributed by atoms with van der Waals surface area (Å²) in [5.41, 5.74) is 1.85. The van der Waals surface area contributed by atoms with E-state index in [1.165, 1.54) is 25.3 Å². The third kappa shape index (κ3) is 7.45. The summed E-state index contributed by atoms with van der Waals surface area (Å²) in [6, 6.07) is 11.0. The average molecular weight is 511 g/mol. The van der Waals surface area contributed by atoms with E-state index in [-0.39, 0.29) is 29.8 Å². The van der Waals surface area contributed by atoms with Gasteiger partial charge in [-0.2, -0.15) is 0 Å². The van der Waals surface area contributed by atoms with E-state index in [4.69, 9.17) is 0 Å². The number of nitrogens with one attached hydrogen (secondary N) is 2. The molecule has 0 spiro atoms. The number of hydrogen-bond acceptors (Lipinski definition) is 3. The summed E-state index contributed by atoms with van der Waals surface area (Å²) in [7, 11) is 0. The summed E-state index contributed by atoms with van der Waals surface area (Å²) in [4.78, 5) is 11.6. The van der Waals surface area contributed by atoms with Crippen LogP contribution < -0.4 is 15.5 Å². The third-order valence-electron chi connectivity index (χ3n) is 4.90. The maximum atomic E-state index is 13.7. The Labute approximate surface area is 190 Å². The van der Waals surface area contributed by atoms with Crippen molar-refractivity contribution in [3.05, 3.63) is 59.5 Å². The predicted octanol–water partition coefficient (Wildman–Crippen LogP) is 4.13. The van der Waals surface area contributed by atoms with Crippen molar-refractivity contribution in [1.82, 2.24) is 15.6 Å². The highest BCUT2D eigenvalue weighted by Crippen LogP contribution is 2.18. The minimum absolute atomic E-state index is 0. The molecule has 0 aliphatic carbocycles. The lowest BCUT2D eigenvalue weighted by Crippen LogP contribution is -2.38. The summed E-state index contributed by atoms with van der Waals surface area (Å²) < 4.78 is 13.7. The molecule has 2 N–H and O–H groups in total. The summed E-state index contributed by atoms with van der Waals surface area (Å²) >= 11 is 0. The zero-order valence-corrected chi connectivity index (χ0v) is 19.4. The molecule has 0 unspecified atom stereocenters. The van der Waals surface area contributed by atoms with Gasteiger partial charge in [0.1, 0.15) is 11.6 Å². The van der Waals surface area contributed by atoms with Crippen LogP contribution in [0.15, 0.2) is 47.6 Å². The summed E-state index contributed by atoms with van der Waals surface area (Å²) in [5, 5.41) is 6.54. The number of guanidine groups is 1. The molecule has 1 aromatic carbocycles. The Morgan fingerprint density at radius 3 is 2.69 bits per heavy atom. The summed E-state index contributed by atoms with van der Waals surface area (Å²) in [6.45, 7) is 6.19. The fourth-order valence-electron chi connectivity index (χ4n) is 3.38. The van der Waals surface area contributed by atoms with Gasteiger partial charge in [-0.3, -0.25) is 0 Å². The molecular weight excluding hydrogens is 480 g/mol. The number of hydrogen-bond donors (Lipinski definition) is 2. The summed E-state index contributed by atoms with van der Waals surface area (Å²) in [5.74, 6) is 1.63. The number of pyridine rings is 1. The Morgan fingerprint density at radius 1 is 1.14 bits per heavy atom. The zero-order chi connectivity index (χ0) is 19.6. The van der Waals surface area contributed by atoms with E-state index in [0.717, 1.165) is 37.0 Å². The van der Waals surface area contributed by atoms with E-state index in [1.54, 1.807) is 6.07 Å². The minimum atomic E-state index is -0.159. The highest BCUT2D eigenvalue weighted by molar-refractivity contribution is 14.0. The van der Waals surface area contributed by atoms with Crippen molar-refractivity contribution in [2.45, 2.75) is 39.2 Å². The lowest BCUT2D eigenvalue weighted by molar-refractivity contribution is 0.573. The fraction of sp³-hybridized carbons (Fsp3) is 0.455. The lowest BCUT2D eigenvalue weighted by atomic mass is 10.1. The van der Waals surface area contributed by atoms with Gasteiger partial charge in [-0.05, 0) is 61.9 Å². The van der Waals surface area contributed by atoms with E-state index in [1.807, 2.05) is 31.3 Å². The molecule has 1 saturated heterocycles. The van der Waals surface area contributed by atoms with Gasteiger partial charge in [0.25, 0.3) is 0 Å². The van der Waals surface area contributed by atoms with Crippen molar-refractivity contribution in [3.63, 3.8) is 0 Å². The first-order chi connectivity index (χ1) is 13.8. The van der Waals surface area contributed by atoms with Crippen molar-refractivity contribution in [2.24, 2.45) is 4.99 Å². The first-order valence-electron chi connectivity index (χ1n) is 10.2. The largest absolute Gasteiger partial charge is 0.357 e. The molecule has 0 saturated carbocycles. The van der Waals surface area contributed by atoms with Gasteiger partial charge in [0.05, 0.1) is 6.54 Å². The molecule has 158 valence electrons. The fourth-order valence-corrected chi connectivity index (χ4v) is 3.38. The lowest BCUT2D eigenvalue weighted by Gasteiger charge is -2.27. The van der Waals surface area contributed by atoms with Crippen LogP contribution in [0.3, 0.4) is 0 Å². The smallest absolute Gasteiger partial charge is 0.191 e. The average Bonchev–Trinajstić information content (AvgIpc) is 2.74. The van der Waals surface area contributed by atoms with Gasteiger partial charge >= 0.3 is 0 Å². The van der Waals surface area contributed by atoms with Crippen LogP contribution in [0, 0.1) is 5.82 Å². The minimum Gasteiger partial charge on any atom is -0.357 e. The quantitative estimate of drug-likeness (QED) is 0.334. The van der Waals surface area contributed by atoms with Gasteiger partial charge < -0.3 is 15.5 Å². The topological polar surface area (TPSA) is 52.6 Å². The third-order valence-corrected chi connectivity index (χ3v) is 4.90. The second-order valence-electron chi connectivity index (χ2n) is 7.03. The Bertz CT molecular complexity index is 777. The first-order valence-corrected chi connectivity index (χ1v) is 10.2. The van der Waals surface area contributed by atoms with Crippen molar-refractivity contribution in [1.29, 1.82) is 0 Å². The van der Waals surface area contributed by atoms with Gasteiger partial charge in [-0.1, -0.05) is 18.2 Å². The number of anilines is 1. The van der Waals surface area contributed by atoms with Crippen LogP contribution in [-0.4, -0.2) is 37.1 Å². The van der Waals surface area contributed by atoms with Crippen molar-refractivity contribution in [3.8, 4) is 0 Å². The number of aliphatic imine (C=N–C) groups is 1. The van der Waals surface area contributed by atoms with Crippen LogP contribution in [0.25, 0.3) is 0 Å². The number of benzene rings is 1. The second kappa shape index (κ2) is 12.6. The molecule has 0 bridgehead atoms. The van der Waals surface area contributed by atoms with Crippen LogP contribution >= 0.6 is 24.0 Å². The molecule has 0 amide bonds. The van der Waals surface area contributed by atoms with Gasteiger partial charge in [0.2, 0.25) is 0 Å². The molecule has 1 fully saturated rings. The van der Waals surface area contributed by atoms with Crippen LogP contribution in [-0.2, 0) is 13.0 Å². The molecular formula is C22H31FIN5. The van der Waals surface area contributed by atoms with E-state index >= 15 is 0 Å². The molecule has 1 aliphatic heterocycles. The van der Waals surface area contributed by atoms with Crippen molar-refractivity contribution in [2.75, 3.05) is 31.1 Å². The highest BCUT2D eigenvalue weighted by atomic mass is 127. The van der Waals surface area contributed by atoms with Crippen LogP contribution in [0.1, 0.15) is 37.3 Å². The molecule has 29 heavy (non-hydrogen) atoms. The molecule has 1 aliphatic rings. The first kappa shape index (κ1) is 23.4. The molecule has 3 rings (SSSR count). The Morgan fingerprint density at radius 2 is 1.93 bits per heavy atom. The van der Waals surface area contributed by atoms with Gasteiger partial charge in [-0.25, -0.2) is 14.4 Å². The Balaban J connectivity index is 0.00000300. The van der Waals surface area contributed by atoms with E-state index in [2.05, 4.69) is 31.6 Å². The number of aromatic nitrogens is 1. The maximum Gasteiger partial charge on any atom is 0.191 e. The van der Waals surface area contributed by atoms with Crippen molar-refractivity contribution >= 4 is 35.8 Å². The predicted molar refractivity (Wildman–Crippen MR) is 129 cm³/mol. The van der Waals surface area contributed by atoms with E-state index < -0.39 is 0 Å². The molecule has 5 nitrogen and oxygen atoms in total. The molecule has 0 atom stereocenters. The van der Waals surface area contributed by atoms with E-state index in [0.29, 0.717) is 25.1 Å². The van der Waals surface area contributed by atoms with Gasteiger partial charge in [0.15, 0.2) is 5.96 Å². The van der Waals surface area contributed by atoms with Crippen LogP contribution in [0.2, 0.25) is 0 Å². The number of rotatable bonds is 7. The molecule has 2 heterocycles. The highest BCUT2D eigenvalue weighted by Gasteiger charge is 2.12. The number of nitrogens with zero attached hydrogens (tertiary/aromatic N) is 3. The van der Waals surface area contributed by atoms with Crippen LogP contribution in [0.4, 0.5) is 10.2 Å². The Kier molecular flexibility index (Phi) is 10.2.